The SMILES string of the molecule is CCCCCCCCCCCCCCCCCCCCCC1N(C)CCN1CCO. The maximum absolute atomic E-state index is 9.20. The lowest BCUT2D eigenvalue weighted by atomic mass is 10.0. The molecule has 1 atom stereocenters. The van der Waals surface area contributed by atoms with Gasteiger partial charge in [0.1, 0.15) is 0 Å². The summed E-state index contributed by atoms with van der Waals surface area (Å²) >= 11 is 0. The fraction of sp³-hybridized carbons (Fsp3) is 1.00. The van der Waals surface area contributed by atoms with E-state index in [-0.39, 0.29) is 0 Å². The zero-order chi connectivity index (χ0) is 21.7. The van der Waals surface area contributed by atoms with Gasteiger partial charge in [-0.2, -0.15) is 0 Å². The van der Waals surface area contributed by atoms with Crippen molar-refractivity contribution in [3.8, 4) is 0 Å². The van der Waals surface area contributed by atoms with Gasteiger partial charge in [-0.15, -0.1) is 0 Å². The van der Waals surface area contributed by atoms with Crippen molar-refractivity contribution in [1.29, 1.82) is 0 Å². The maximum atomic E-state index is 9.20. The Kier molecular flexibility index (Phi) is 19.3. The van der Waals surface area contributed by atoms with Crippen molar-refractivity contribution in [2.24, 2.45) is 0 Å². The minimum Gasteiger partial charge on any atom is -0.395 e. The quantitative estimate of drug-likeness (QED) is 0.184. The van der Waals surface area contributed by atoms with Gasteiger partial charge in [0, 0.05) is 19.6 Å². The molecule has 0 amide bonds. The molecule has 1 unspecified atom stereocenters. The molecule has 3 heteroatoms. The van der Waals surface area contributed by atoms with Crippen molar-refractivity contribution < 1.29 is 5.11 Å². The molecule has 1 N–H and O–H groups in total. The van der Waals surface area contributed by atoms with Crippen LogP contribution >= 0.6 is 0 Å². The molecule has 1 saturated heterocycles. The molecule has 0 aromatic heterocycles. The monoisotopic (exact) mass is 424 g/mol. The van der Waals surface area contributed by atoms with Gasteiger partial charge in [-0.05, 0) is 13.5 Å². The van der Waals surface area contributed by atoms with Crippen LogP contribution in [0, 0.1) is 0 Å². The first kappa shape index (κ1) is 27.9. The van der Waals surface area contributed by atoms with Crippen molar-refractivity contribution in [2.45, 2.75) is 142 Å². The second-order valence-corrected chi connectivity index (χ2v) is 9.87. The van der Waals surface area contributed by atoms with Crippen LogP contribution in [0.3, 0.4) is 0 Å². The summed E-state index contributed by atoms with van der Waals surface area (Å²) in [5, 5.41) is 9.20. The van der Waals surface area contributed by atoms with Gasteiger partial charge in [-0.1, -0.05) is 129 Å². The van der Waals surface area contributed by atoms with E-state index < -0.39 is 0 Å². The fourth-order valence-electron chi connectivity index (χ4n) is 5.06. The molecule has 0 radical (unpaired) electrons. The van der Waals surface area contributed by atoms with Crippen molar-refractivity contribution in [1.82, 2.24) is 9.80 Å². The highest BCUT2D eigenvalue weighted by atomic mass is 16.3. The maximum Gasteiger partial charge on any atom is 0.0621 e. The lowest BCUT2D eigenvalue weighted by molar-refractivity contribution is 0.120. The summed E-state index contributed by atoms with van der Waals surface area (Å²) in [4.78, 5) is 4.92. The number of aliphatic hydroxyl groups is 1. The molecule has 0 spiro atoms. The molecular formula is C27H56N2O. The van der Waals surface area contributed by atoms with E-state index in [4.69, 9.17) is 0 Å². The van der Waals surface area contributed by atoms with Crippen LogP contribution in [-0.2, 0) is 0 Å². The van der Waals surface area contributed by atoms with Crippen LogP contribution < -0.4 is 0 Å². The first-order valence-electron chi connectivity index (χ1n) is 13.8. The summed E-state index contributed by atoms with van der Waals surface area (Å²) in [7, 11) is 2.23. The highest BCUT2D eigenvalue weighted by Crippen LogP contribution is 2.19. The summed E-state index contributed by atoms with van der Waals surface area (Å²) in [6, 6.07) is 0. The van der Waals surface area contributed by atoms with Gasteiger partial charge in [-0.3, -0.25) is 9.80 Å². The van der Waals surface area contributed by atoms with Crippen LogP contribution in [0.2, 0.25) is 0 Å². The third-order valence-corrected chi connectivity index (χ3v) is 7.12. The van der Waals surface area contributed by atoms with Crippen LogP contribution in [0.1, 0.15) is 135 Å². The molecule has 0 saturated carbocycles. The van der Waals surface area contributed by atoms with E-state index in [1.54, 1.807) is 0 Å². The molecule has 3 nitrogen and oxygen atoms in total. The van der Waals surface area contributed by atoms with Gasteiger partial charge in [0.05, 0.1) is 12.8 Å². The number of likely N-dealkylation sites (N-methyl/N-ethyl adjacent to an activating group) is 1. The first-order chi connectivity index (χ1) is 14.8. The third-order valence-electron chi connectivity index (χ3n) is 7.12. The second kappa shape index (κ2) is 20.8. The largest absolute Gasteiger partial charge is 0.395 e. The summed E-state index contributed by atoms with van der Waals surface area (Å²) < 4.78 is 0. The van der Waals surface area contributed by atoms with Gasteiger partial charge in [-0.25, -0.2) is 0 Å². The average Bonchev–Trinajstić information content (AvgIpc) is 3.09. The first-order valence-corrected chi connectivity index (χ1v) is 13.8. The van der Waals surface area contributed by atoms with E-state index in [1.807, 2.05) is 0 Å². The molecule has 30 heavy (non-hydrogen) atoms. The minimum absolute atomic E-state index is 0.295. The Bertz CT molecular complexity index is 348. The Balaban J connectivity index is 1.75. The molecule has 0 aliphatic carbocycles. The highest BCUT2D eigenvalue weighted by Gasteiger charge is 2.27. The molecule has 1 heterocycles. The molecule has 0 bridgehead atoms. The molecule has 1 aliphatic rings. The average molecular weight is 425 g/mol. The fourth-order valence-corrected chi connectivity index (χ4v) is 5.06. The van der Waals surface area contributed by atoms with E-state index in [0.29, 0.717) is 12.8 Å². The van der Waals surface area contributed by atoms with Gasteiger partial charge < -0.3 is 5.11 Å². The Morgan fingerprint density at radius 2 is 1.00 bits per heavy atom. The number of nitrogens with zero attached hydrogens (tertiary/aromatic N) is 2. The standard InChI is InChI=1S/C27H56N2O/c1-3-4-5-6-7-8-9-10-11-12-13-14-15-16-17-18-19-20-21-22-27-28(2)23-24-29(27)25-26-30/h27,30H,3-26H2,1-2H3. The zero-order valence-corrected chi connectivity index (χ0v) is 20.9. The molecule has 1 fully saturated rings. The molecule has 180 valence electrons. The van der Waals surface area contributed by atoms with Crippen LogP contribution in [-0.4, -0.2) is 54.4 Å². The second-order valence-electron chi connectivity index (χ2n) is 9.87. The smallest absolute Gasteiger partial charge is 0.0621 e. The lowest BCUT2D eigenvalue weighted by Crippen LogP contribution is -2.38. The highest BCUT2D eigenvalue weighted by molar-refractivity contribution is 4.79. The summed E-state index contributed by atoms with van der Waals surface area (Å²) in [5.74, 6) is 0. The number of aliphatic hydroxyl groups excluding tert-OH is 1. The Morgan fingerprint density at radius 1 is 0.600 bits per heavy atom. The van der Waals surface area contributed by atoms with Crippen molar-refractivity contribution in [3.63, 3.8) is 0 Å². The Labute approximate surface area is 190 Å². The van der Waals surface area contributed by atoms with E-state index in [2.05, 4.69) is 23.8 Å². The van der Waals surface area contributed by atoms with E-state index in [9.17, 15) is 5.11 Å². The predicted octanol–water partition coefficient (Wildman–Crippen LogP) is 7.37. The predicted molar refractivity (Wildman–Crippen MR) is 133 cm³/mol. The number of β-amino-alcohol motifs (C(OH)–C–C–N with tert-alkyl or cyclic N) is 1. The Morgan fingerprint density at radius 3 is 1.40 bits per heavy atom. The summed E-state index contributed by atoms with van der Waals surface area (Å²) in [5.41, 5.74) is 0. The van der Waals surface area contributed by atoms with Crippen LogP contribution in [0.25, 0.3) is 0 Å². The van der Waals surface area contributed by atoms with Crippen molar-refractivity contribution >= 4 is 0 Å². The van der Waals surface area contributed by atoms with E-state index in [1.165, 1.54) is 128 Å². The van der Waals surface area contributed by atoms with E-state index in [0.717, 1.165) is 19.6 Å². The molecular weight excluding hydrogens is 368 g/mol. The number of hydrogen-bond acceptors (Lipinski definition) is 3. The summed E-state index contributed by atoms with van der Waals surface area (Å²) in [6.07, 6.45) is 29.3. The summed E-state index contributed by atoms with van der Waals surface area (Å²) in [6.45, 7) is 5.72. The number of hydrogen-bond donors (Lipinski definition) is 1. The minimum atomic E-state index is 0.295. The zero-order valence-electron chi connectivity index (χ0n) is 20.9. The molecule has 0 aromatic carbocycles. The topological polar surface area (TPSA) is 26.7 Å². The molecule has 0 aromatic rings. The van der Waals surface area contributed by atoms with Crippen LogP contribution in [0.4, 0.5) is 0 Å². The Hall–Kier alpha value is -0.120. The number of unbranched alkanes of at least 4 members (excludes halogenated alkanes) is 18. The van der Waals surface area contributed by atoms with Crippen molar-refractivity contribution in [2.75, 3.05) is 33.3 Å². The van der Waals surface area contributed by atoms with Crippen LogP contribution in [0.15, 0.2) is 0 Å². The molecule has 1 rings (SSSR count). The molecule has 1 aliphatic heterocycles. The lowest BCUT2D eigenvalue weighted by Gasteiger charge is -2.27. The van der Waals surface area contributed by atoms with Gasteiger partial charge in [0.2, 0.25) is 0 Å². The van der Waals surface area contributed by atoms with Gasteiger partial charge in [0.25, 0.3) is 0 Å². The third kappa shape index (κ3) is 14.8. The van der Waals surface area contributed by atoms with Crippen LogP contribution in [0.5, 0.6) is 0 Å². The number of rotatable bonds is 22. The van der Waals surface area contributed by atoms with Crippen molar-refractivity contribution in [3.05, 3.63) is 0 Å². The van der Waals surface area contributed by atoms with Gasteiger partial charge >= 0.3 is 0 Å². The normalized spacial score (nSPS) is 17.9. The van der Waals surface area contributed by atoms with E-state index >= 15 is 0 Å². The van der Waals surface area contributed by atoms with Gasteiger partial charge in [0.15, 0.2) is 0 Å².